The van der Waals surface area contributed by atoms with E-state index >= 15 is 0 Å². The maximum atomic E-state index is 13.0. The van der Waals surface area contributed by atoms with E-state index in [1.165, 1.54) is 0 Å². The second-order valence-electron chi connectivity index (χ2n) is 3.06. The van der Waals surface area contributed by atoms with Crippen LogP contribution in [0.25, 0.3) is 0 Å². The molecule has 0 radical (unpaired) electrons. The Morgan fingerprint density at radius 2 is 1.58 bits per heavy atom. The lowest BCUT2D eigenvalue weighted by atomic mass is 10.2. The van der Waals surface area contributed by atoms with Gasteiger partial charge in [-0.3, -0.25) is 0 Å². The fraction of sp³-hybridized carbons (Fsp3) is 0.375. The molecule has 11 heteroatoms. The van der Waals surface area contributed by atoms with Crippen LogP contribution in [-0.2, 0) is 6.18 Å². The van der Waals surface area contributed by atoms with E-state index in [2.05, 4.69) is 9.72 Å². The van der Waals surface area contributed by atoms with Crippen molar-refractivity contribution < 1.29 is 44.3 Å². The first kappa shape index (κ1) is 15.4. The highest BCUT2D eigenvalue weighted by Gasteiger charge is 2.39. The minimum absolute atomic E-state index is 0.408. The summed E-state index contributed by atoms with van der Waals surface area (Å²) in [6.45, 7) is 0. The summed E-state index contributed by atoms with van der Waals surface area (Å²) in [6.07, 6.45) is -14.6. The third kappa shape index (κ3) is 3.89. The maximum absolute atomic E-state index is 13.0. The number of hydrogen-bond donors (Lipinski definition) is 0. The van der Waals surface area contributed by atoms with Crippen LogP contribution in [0.1, 0.15) is 17.7 Å². The molecule has 0 aromatic carbocycles. The smallest absolute Gasteiger partial charge is 0.400 e. The van der Waals surface area contributed by atoms with Crippen molar-refractivity contribution in [3.05, 3.63) is 23.3 Å². The first-order chi connectivity index (χ1) is 8.42. The maximum Gasteiger partial charge on any atom is 0.573 e. The van der Waals surface area contributed by atoms with Crippen LogP contribution in [-0.4, -0.2) is 11.3 Å². The second kappa shape index (κ2) is 4.78. The summed E-state index contributed by atoms with van der Waals surface area (Å²) in [4.78, 5) is 2.12. The standard InChI is InChI=1S/C8H2F9NO/c9-5(10)2-1-3(7(12,13)14)18-6(11)4(2)19-8(15,16)17/h1,5H. The van der Waals surface area contributed by atoms with Gasteiger partial charge in [0.25, 0.3) is 12.4 Å². The summed E-state index contributed by atoms with van der Waals surface area (Å²) in [5.41, 5.74) is -3.98. The normalized spacial score (nSPS) is 12.9. The van der Waals surface area contributed by atoms with Gasteiger partial charge in [0, 0.05) is 0 Å². The summed E-state index contributed by atoms with van der Waals surface area (Å²) < 4.78 is 112. The predicted molar refractivity (Wildman–Crippen MR) is 40.8 cm³/mol. The molecule has 0 bridgehead atoms. The summed E-state index contributed by atoms with van der Waals surface area (Å²) in [5.74, 6) is -4.52. The lowest BCUT2D eigenvalue weighted by Crippen LogP contribution is -2.21. The molecule has 0 aliphatic heterocycles. The highest BCUT2D eigenvalue weighted by atomic mass is 19.4. The zero-order valence-corrected chi connectivity index (χ0v) is 8.41. The van der Waals surface area contributed by atoms with E-state index in [-0.39, 0.29) is 0 Å². The molecule has 0 spiro atoms. The quantitative estimate of drug-likeness (QED) is 0.606. The van der Waals surface area contributed by atoms with Crippen LogP contribution in [0.4, 0.5) is 39.5 Å². The highest BCUT2D eigenvalue weighted by Crippen LogP contribution is 2.38. The SMILES string of the molecule is Fc1nc(C(F)(F)F)cc(C(F)F)c1OC(F)(F)F. The number of nitrogens with zero attached hydrogens (tertiary/aromatic N) is 1. The Kier molecular flexibility index (Phi) is 3.87. The molecule has 0 aliphatic rings. The molecule has 0 unspecified atom stereocenters. The third-order valence-electron chi connectivity index (χ3n) is 1.70. The molecular weight excluding hydrogens is 297 g/mol. The van der Waals surface area contributed by atoms with Crippen molar-refractivity contribution in [2.75, 3.05) is 0 Å². The molecule has 1 aromatic rings. The molecule has 0 atom stereocenters. The Morgan fingerprint density at radius 3 is 1.95 bits per heavy atom. The molecular formula is C8H2F9NO. The summed E-state index contributed by atoms with van der Waals surface area (Å²) in [6, 6.07) is -0.408. The van der Waals surface area contributed by atoms with E-state index < -0.39 is 48.0 Å². The van der Waals surface area contributed by atoms with Gasteiger partial charge in [0.05, 0.1) is 5.56 Å². The van der Waals surface area contributed by atoms with Gasteiger partial charge >= 0.3 is 12.5 Å². The molecule has 0 saturated heterocycles. The Morgan fingerprint density at radius 1 is 1.05 bits per heavy atom. The van der Waals surface area contributed by atoms with E-state index in [0.29, 0.717) is 0 Å². The minimum atomic E-state index is -5.55. The highest BCUT2D eigenvalue weighted by molar-refractivity contribution is 5.35. The average molecular weight is 299 g/mol. The van der Waals surface area contributed by atoms with Crippen LogP contribution in [0.5, 0.6) is 5.75 Å². The molecule has 108 valence electrons. The lowest BCUT2D eigenvalue weighted by molar-refractivity contribution is -0.276. The molecule has 0 aliphatic carbocycles. The topological polar surface area (TPSA) is 22.1 Å². The number of rotatable bonds is 2. The first-order valence-corrected chi connectivity index (χ1v) is 4.23. The van der Waals surface area contributed by atoms with Crippen molar-refractivity contribution in [1.29, 1.82) is 0 Å². The Bertz CT molecular complexity index is 465. The van der Waals surface area contributed by atoms with Crippen LogP contribution in [0, 0.1) is 5.95 Å². The molecule has 19 heavy (non-hydrogen) atoms. The second-order valence-corrected chi connectivity index (χ2v) is 3.06. The van der Waals surface area contributed by atoms with Crippen LogP contribution < -0.4 is 4.74 Å². The van der Waals surface area contributed by atoms with E-state index in [1.807, 2.05) is 0 Å². The first-order valence-electron chi connectivity index (χ1n) is 4.23. The van der Waals surface area contributed by atoms with Gasteiger partial charge in [0.15, 0.2) is 5.75 Å². The van der Waals surface area contributed by atoms with Gasteiger partial charge in [-0.1, -0.05) is 0 Å². The van der Waals surface area contributed by atoms with Crippen LogP contribution in [0.15, 0.2) is 6.07 Å². The largest absolute Gasteiger partial charge is 0.573 e. The number of pyridine rings is 1. The van der Waals surface area contributed by atoms with Crippen molar-refractivity contribution in [2.45, 2.75) is 19.0 Å². The number of hydrogen-bond acceptors (Lipinski definition) is 2. The van der Waals surface area contributed by atoms with Crippen LogP contribution in [0.3, 0.4) is 0 Å². The molecule has 1 aromatic heterocycles. The van der Waals surface area contributed by atoms with Crippen molar-refractivity contribution in [1.82, 2.24) is 4.98 Å². The van der Waals surface area contributed by atoms with Gasteiger partial charge in [-0.05, 0) is 6.07 Å². The van der Waals surface area contributed by atoms with Crippen molar-refractivity contribution in [3.63, 3.8) is 0 Å². The Hall–Kier alpha value is -1.68. The van der Waals surface area contributed by atoms with E-state index in [0.717, 1.165) is 0 Å². The van der Waals surface area contributed by atoms with Gasteiger partial charge in [0.2, 0.25) is 0 Å². The molecule has 1 heterocycles. The van der Waals surface area contributed by atoms with E-state index in [4.69, 9.17) is 0 Å². The third-order valence-corrected chi connectivity index (χ3v) is 1.70. The summed E-state index contributed by atoms with van der Waals surface area (Å²) in [5, 5.41) is 0. The molecule has 0 fully saturated rings. The van der Waals surface area contributed by atoms with Gasteiger partial charge in [-0.2, -0.15) is 17.6 Å². The Balaban J connectivity index is 3.40. The lowest BCUT2D eigenvalue weighted by Gasteiger charge is -2.15. The van der Waals surface area contributed by atoms with E-state index in [1.54, 1.807) is 0 Å². The number of alkyl halides is 8. The molecule has 1 rings (SSSR count). The van der Waals surface area contributed by atoms with Gasteiger partial charge < -0.3 is 4.74 Å². The molecule has 2 nitrogen and oxygen atoms in total. The van der Waals surface area contributed by atoms with Crippen molar-refractivity contribution >= 4 is 0 Å². The predicted octanol–water partition coefficient (Wildman–Crippen LogP) is 4.08. The summed E-state index contributed by atoms with van der Waals surface area (Å²) >= 11 is 0. The number of aromatic nitrogens is 1. The number of ether oxygens (including phenoxy) is 1. The van der Waals surface area contributed by atoms with Crippen LogP contribution in [0.2, 0.25) is 0 Å². The van der Waals surface area contributed by atoms with Crippen molar-refractivity contribution in [2.24, 2.45) is 0 Å². The average Bonchev–Trinajstić information content (AvgIpc) is 2.16. The fourth-order valence-electron chi connectivity index (χ4n) is 1.04. The minimum Gasteiger partial charge on any atom is -0.400 e. The van der Waals surface area contributed by atoms with Gasteiger partial charge in [0.1, 0.15) is 5.69 Å². The van der Waals surface area contributed by atoms with Crippen LogP contribution >= 0.6 is 0 Å². The fourth-order valence-corrected chi connectivity index (χ4v) is 1.04. The van der Waals surface area contributed by atoms with E-state index in [9.17, 15) is 39.5 Å². The Labute approximate surface area is 98.3 Å². The zero-order valence-electron chi connectivity index (χ0n) is 8.41. The molecule has 0 amide bonds. The molecule has 0 N–H and O–H groups in total. The summed E-state index contributed by atoms with van der Waals surface area (Å²) in [7, 11) is 0. The van der Waals surface area contributed by atoms with Crippen molar-refractivity contribution in [3.8, 4) is 5.75 Å². The number of halogens is 9. The monoisotopic (exact) mass is 299 g/mol. The zero-order chi connectivity index (χ0) is 15.0. The molecule has 0 saturated carbocycles. The van der Waals surface area contributed by atoms with Gasteiger partial charge in [-0.25, -0.2) is 13.8 Å². The van der Waals surface area contributed by atoms with Gasteiger partial charge in [-0.15, -0.1) is 13.2 Å².